The zero-order valence-corrected chi connectivity index (χ0v) is 13.6. The largest absolute Gasteiger partial charge is 0.360 e. The van der Waals surface area contributed by atoms with Crippen LogP contribution in [0.5, 0.6) is 0 Å². The van der Waals surface area contributed by atoms with Crippen LogP contribution in [0, 0.1) is 10.1 Å². The Morgan fingerprint density at radius 3 is 2.54 bits per heavy atom. The van der Waals surface area contributed by atoms with Crippen LogP contribution in [0.25, 0.3) is 0 Å². The molecule has 3 rings (SSSR count). The van der Waals surface area contributed by atoms with Gasteiger partial charge in [0.15, 0.2) is 0 Å². The molecular formula is C18H15N5O3. The molecule has 2 heterocycles. The first-order valence-corrected chi connectivity index (χ1v) is 7.77. The molecule has 8 heteroatoms. The zero-order chi connectivity index (χ0) is 18.4. The SMILES string of the molecule is O=C(Nc1ccc(CNc2ncccc2[N+](=O)[O-])cc1)c1cccnc1. The van der Waals surface area contributed by atoms with Crippen molar-refractivity contribution in [3.05, 3.63) is 88.4 Å². The van der Waals surface area contributed by atoms with Gasteiger partial charge in [-0.15, -0.1) is 0 Å². The van der Waals surface area contributed by atoms with Gasteiger partial charge in [-0.25, -0.2) is 4.98 Å². The van der Waals surface area contributed by atoms with Gasteiger partial charge >= 0.3 is 5.69 Å². The minimum absolute atomic E-state index is 0.0761. The minimum Gasteiger partial charge on any atom is -0.360 e. The second kappa shape index (κ2) is 7.84. The van der Waals surface area contributed by atoms with E-state index in [1.165, 1.54) is 24.5 Å². The van der Waals surface area contributed by atoms with Crippen molar-refractivity contribution in [3.63, 3.8) is 0 Å². The summed E-state index contributed by atoms with van der Waals surface area (Å²) >= 11 is 0. The molecule has 1 amide bonds. The molecule has 0 spiro atoms. The Hall–Kier alpha value is -3.81. The fourth-order valence-corrected chi connectivity index (χ4v) is 2.27. The van der Waals surface area contributed by atoms with Crippen LogP contribution in [-0.2, 0) is 6.54 Å². The molecule has 3 aromatic rings. The van der Waals surface area contributed by atoms with E-state index in [1.54, 1.807) is 30.5 Å². The first kappa shape index (κ1) is 17.0. The van der Waals surface area contributed by atoms with Gasteiger partial charge in [0.1, 0.15) is 0 Å². The number of benzene rings is 1. The van der Waals surface area contributed by atoms with Gasteiger partial charge in [0.2, 0.25) is 5.82 Å². The van der Waals surface area contributed by atoms with Crippen LogP contribution < -0.4 is 10.6 Å². The zero-order valence-electron chi connectivity index (χ0n) is 13.6. The van der Waals surface area contributed by atoms with E-state index in [4.69, 9.17) is 0 Å². The van der Waals surface area contributed by atoms with E-state index in [1.807, 2.05) is 12.1 Å². The molecule has 0 aliphatic heterocycles. The molecule has 0 aliphatic carbocycles. The number of carbonyl (C=O) groups is 1. The molecule has 8 nitrogen and oxygen atoms in total. The first-order valence-electron chi connectivity index (χ1n) is 7.77. The minimum atomic E-state index is -0.480. The summed E-state index contributed by atoms with van der Waals surface area (Å²) < 4.78 is 0. The fourth-order valence-electron chi connectivity index (χ4n) is 2.27. The number of nitro groups is 1. The Morgan fingerprint density at radius 1 is 1.08 bits per heavy atom. The molecule has 0 bridgehead atoms. The summed E-state index contributed by atoms with van der Waals surface area (Å²) in [5.41, 5.74) is 1.93. The third-order valence-corrected chi connectivity index (χ3v) is 3.58. The number of hydrogen-bond acceptors (Lipinski definition) is 6. The van der Waals surface area contributed by atoms with Gasteiger partial charge in [-0.05, 0) is 35.9 Å². The number of nitrogens with one attached hydrogen (secondary N) is 2. The number of pyridine rings is 2. The van der Waals surface area contributed by atoms with Crippen molar-refractivity contribution in [2.45, 2.75) is 6.54 Å². The van der Waals surface area contributed by atoms with E-state index in [-0.39, 0.29) is 17.4 Å². The standard InChI is InChI=1S/C18H15N5O3/c24-18(14-3-1-9-19-12-14)22-15-7-5-13(6-8-15)11-21-17-16(23(25)26)4-2-10-20-17/h1-10,12H,11H2,(H,20,21)(H,22,24). The topological polar surface area (TPSA) is 110 Å². The number of anilines is 2. The average molecular weight is 349 g/mol. The number of rotatable bonds is 6. The molecule has 0 atom stereocenters. The molecule has 0 saturated heterocycles. The number of aromatic nitrogens is 2. The second-order valence-electron chi connectivity index (χ2n) is 5.37. The van der Waals surface area contributed by atoms with Crippen LogP contribution in [0.15, 0.2) is 67.1 Å². The molecule has 0 saturated carbocycles. The highest BCUT2D eigenvalue weighted by Crippen LogP contribution is 2.21. The van der Waals surface area contributed by atoms with E-state index < -0.39 is 4.92 Å². The number of nitrogens with zero attached hydrogens (tertiary/aromatic N) is 3. The average Bonchev–Trinajstić information content (AvgIpc) is 2.68. The molecular weight excluding hydrogens is 334 g/mol. The molecule has 1 aromatic carbocycles. The fraction of sp³-hybridized carbons (Fsp3) is 0.0556. The molecule has 2 aromatic heterocycles. The lowest BCUT2D eigenvalue weighted by atomic mass is 10.2. The Morgan fingerprint density at radius 2 is 1.85 bits per heavy atom. The number of hydrogen-bond donors (Lipinski definition) is 2. The second-order valence-corrected chi connectivity index (χ2v) is 5.37. The summed E-state index contributed by atoms with van der Waals surface area (Å²) in [6, 6.07) is 13.5. The highest BCUT2D eigenvalue weighted by atomic mass is 16.6. The van der Waals surface area contributed by atoms with Crippen molar-refractivity contribution in [1.82, 2.24) is 9.97 Å². The third-order valence-electron chi connectivity index (χ3n) is 3.58. The van der Waals surface area contributed by atoms with Crippen LogP contribution in [0.4, 0.5) is 17.2 Å². The van der Waals surface area contributed by atoms with Crippen molar-refractivity contribution in [2.75, 3.05) is 10.6 Å². The van der Waals surface area contributed by atoms with Gasteiger partial charge in [-0.2, -0.15) is 0 Å². The Balaban J connectivity index is 1.62. The van der Waals surface area contributed by atoms with E-state index in [0.29, 0.717) is 17.8 Å². The van der Waals surface area contributed by atoms with Gasteiger partial charge in [-0.3, -0.25) is 19.9 Å². The van der Waals surface area contributed by atoms with E-state index >= 15 is 0 Å². The summed E-state index contributed by atoms with van der Waals surface area (Å²) in [6.45, 7) is 0.370. The van der Waals surface area contributed by atoms with Crippen molar-refractivity contribution in [1.29, 1.82) is 0 Å². The Bertz CT molecular complexity index is 914. The number of amides is 1. The van der Waals surface area contributed by atoms with E-state index in [0.717, 1.165) is 5.56 Å². The maximum Gasteiger partial charge on any atom is 0.311 e. The van der Waals surface area contributed by atoms with Gasteiger partial charge in [0.25, 0.3) is 5.91 Å². The van der Waals surface area contributed by atoms with Crippen LogP contribution >= 0.6 is 0 Å². The van der Waals surface area contributed by atoms with E-state index in [2.05, 4.69) is 20.6 Å². The van der Waals surface area contributed by atoms with E-state index in [9.17, 15) is 14.9 Å². The lowest BCUT2D eigenvalue weighted by Gasteiger charge is -2.08. The van der Waals surface area contributed by atoms with Crippen LogP contribution in [0.2, 0.25) is 0 Å². The highest BCUT2D eigenvalue weighted by Gasteiger charge is 2.13. The smallest absolute Gasteiger partial charge is 0.311 e. The molecule has 0 unspecified atom stereocenters. The predicted molar refractivity (Wildman–Crippen MR) is 96.9 cm³/mol. The lowest BCUT2D eigenvalue weighted by molar-refractivity contribution is -0.384. The molecule has 0 fully saturated rings. The van der Waals surface area contributed by atoms with Gasteiger partial charge < -0.3 is 10.6 Å². The summed E-state index contributed by atoms with van der Waals surface area (Å²) in [4.78, 5) is 30.5. The molecule has 2 N–H and O–H groups in total. The first-order chi connectivity index (χ1) is 12.6. The number of carbonyl (C=O) groups excluding carboxylic acids is 1. The van der Waals surface area contributed by atoms with Gasteiger partial charge in [0.05, 0.1) is 10.5 Å². The predicted octanol–water partition coefficient (Wildman–Crippen LogP) is 3.25. The lowest BCUT2D eigenvalue weighted by Crippen LogP contribution is -2.12. The Labute approximate surface area is 149 Å². The summed E-state index contributed by atoms with van der Waals surface area (Å²) in [7, 11) is 0. The normalized spacial score (nSPS) is 10.2. The van der Waals surface area contributed by atoms with Crippen LogP contribution in [-0.4, -0.2) is 20.8 Å². The quantitative estimate of drug-likeness (QED) is 0.522. The molecule has 0 radical (unpaired) electrons. The van der Waals surface area contributed by atoms with Crippen molar-refractivity contribution >= 4 is 23.1 Å². The van der Waals surface area contributed by atoms with Crippen molar-refractivity contribution in [3.8, 4) is 0 Å². The third kappa shape index (κ3) is 4.18. The summed E-state index contributed by atoms with van der Waals surface area (Å²) in [5, 5.41) is 16.7. The molecule has 0 aliphatic rings. The van der Waals surface area contributed by atoms with Crippen molar-refractivity contribution in [2.24, 2.45) is 0 Å². The van der Waals surface area contributed by atoms with Crippen molar-refractivity contribution < 1.29 is 9.72 Å². The van der Waals surface area contributed by atoms with Crippen LogP contribution in [0.3, 0.4) is 0 Å². The van der Waals surface area contributed by atoms with Crippen LogP contribution in [0.1, 0.15) is 15.9 Å². The highest BCUT2D eigenvalue weighted by molar-refractivity contribution is 6.03. The molecule has 26 heavy (non-hydrogen) atoms. The maximum absolute atomic E-state index is 12.1. The summed E-state index contributed by atoms with van der Waals surface area (Å²) in [6.07, 6.45) is 4.59. The maximum atomic E-state index is 12.1. The monoisotopic (exact) mass is 349 g/mol. The molecule has 130 valence electrons. The Kier molecular flexibility index (Phi) is 5.14. The summed E-state index contributed by atoms with van der Waals surface area (Å²) in [5.74, 6) is -0.0282. The van der Waals surface area contributed by atoms with Gasteiger partial charge in [-0.1, -0.05) is 12.1 Å². The van der Waals surface area contributed by atoms with Gasteiger partial charge in [0, 0.05) is 36.9 Å².